The zero-order chi connectivity index (χ0) is 25.2. The summed E-state index contributed by atoms with van der Waals surface area (Å²) in [7, 11) is 0.932. The fourth-order valence-electron chi connectivity index (χ4n) is 3.32. The molecular formula is C16H21N7O8S3. The minimum absolute atomic E-state index is 0.0495. The van der Waals surface area contributed by atoms with Crippen LogP contribution < -0.4 is 11.1 Å². The predicted octanol–water partition coefficient (Wildman–Crippen LogP) is -2.82. The van der Waals surface area contributed by atoms with E-state index in [1.165, 1.54) is 4.68 Å². The number of β-lactam (4-membered cyclic amide) rings is 1. The Morgan fingerprint density at radius 1 is 1.41 bits per heavy atom. The molecule has 15 nitrogen and oxygen atoms in total. The second-order valence-corrected chi connectivity index (χ2v) is 10.6. The van der Waals surface area contributed by atoms with Gasteiger partial charge >= 0.3 is 11.9 Å². The lowest BCUT2D eigenvalue weighted by atomic mass is 9.98. The summed E-state index contributed by atoms with van der Waals surface area (Å²) in [5, 5.41) is 31.1. The number of amides is 2. The van der Waals surface area contributed by atoms with Crippen LogP contribution in [-0.2, 0) is 41.8 Å². The van der Waals surface area contributed by atoms with Crippen molar-refractivity contribution in [1.82, 2.24) is 30.4 Å². The van der Waals surface area contributed by atoms with E-state index >= 15 is 0 Å². The minimum atomic E-state index is -2.01. The van der Waals surface area contributed by atoms with Crippen LogP contribution in [0.25, 0.3) is 0 Å². The van der Waals surface area contributed by atoms with Gasteiger partial charge in [-0.2, -0.15) is 0 Å². The second kappa shape index (κ2) is 10.4. The number of hydrogen-bond donors (Lipinski definition) is 4. The van der Waals surface area contributed by atoms with Gasteiger partial charge in [0.05, 0.1) is 22.3 Å². The van der Waals surface area contributed by atoms with Crippen molar-refractivity contribution in [2.75, 3.05) is 30.1 Å². The first kappa shape index (κ1) is 26.1. The van der Waals surface area contributed by atoms with Gasteiger partial charge in [0.25, 0.3) is 11.6 Å². The second-order valence-electron chi connectivity index (χ2n) is 7.13. The molecule has 186 valence electrons. The number of carbonyl (C=O) groups is 4. The van der Waals surface area contributed by atoms with Crippen molar-refractivity contribution < 1.29 is 38.3 Å². The summed E-state index contributed by atoms with van der Waals surface area (Å²) in [5.41, 5.74) is 3.30. The standard InChI is InChI=1S/C16H21N7O8S3/c1-22-15(19-20-21-22)33-3-7-6-34(30)14-16(31-2,13(29)23(14)10(7)12(27)28)18-9(24)5-32-4-8(17)11(25)26/h8,14H,3-6,17H2,1-2H3,(H,18,24)(H,25,26)(H,27,28)/t8-,14-,16+,34?/m1/s1. The maximum atomic E-state index is 13.1. The Balaban J connectivity index is 1.77. The molecule has 0 aromatic carbocycles. The lowest BCUT2D eigenvalue weighted by molar-refractivity contribution is -0.192. The highest BCUT2D eigenvalue weighted by Crippen LogP contribution is 2.42. The zero-order valence-electron chi connectivity index (χ0n) is 17.9. The van der Waals surface area contributed by atoms with Gasteiger partial charge in [0.1, 0.15) is 11.7 Å². The first-order chi connectivity index (χ1) is 16.0. The van der Waals surface area contributed by atoms with Crippen LogP contribution in [0.1, 0.15) is 0 Å². The van der Waals surface area contributed by atoms with Crippen molar-refractivity contribution in [2.24, 2.45) is 12.8 Å². The highest BCUT2D eigenvalue weighted by Gasteiger charge is 2.69. The molecule has 1 saturated heterocycles. The number of carboxylic acids is 2. The van der Waals surface area contributed by atoms with E-state index in [-0.39, 0.29) is 34.3 Å². The molecule has 0 bridgehead atoms. The van der Waals surface area contributed by atoms with Gasteiger partial charge in [-0.1, -0.05) is 11.8 Å². The highest BCUT2D eigenvalue weighted by molar-refractivity contribution is 8.00. The Hall–Kier alpha value is -2.54. The molecule has 5 N–H and O–H groups in total. The highest BCUT2D eigenvalue weighted by atomic mass is 32.2. The van der Waals surface area contributed by atoms with Crippen molar-refractivity contribution in [2.45, 2.75) is 22.3 Å². The number of tetrazole rings is 1. The molecule has 3 heterocycles. The third-order valence-electron chi connectivity index (χ3n) is 4.91. The Bertz CT molecular complexity index is 1080. The summed E-state index contributed by atoms with van der Waals surface area (Å²) < 4.78 is 19.7. The van der Waals surface area contributed by atoms with E-state index in [4.69, 9.17) is 15.6 Å². The number of hydrogen-bond acceptors (Lipinski definition) is 12. The van der Waals surface area contributed by atoms with Gasteiger partial charge in [0.2, 0.25) is 11.1 Å². The summed E-state index contributed by atoms with van der Waals surface area (Å²) in [4.78, 5) is 49.1. The largest absolute Gasteiger partial charge is 0.480 e. The van der Waals surface area contributed by atoms with E-state index in [0.29, 0.717) is 5.16 Å². The maximum Gasteiger partial charge on any atom is 0.352 e. The van der Waals surface area contributed by atoms with Gasteiger partial charge in [-0.3, -0.25) is 23.5 Å². The van der Waals surface area contributed by atoms with Crippen molar-refractivity contribution in [3.05, 3.63) is 11.3 Å². The van der Waals surface area contributed by atoms with E-state index < -0.39 is 51.7 Å². The number of nitrogens with two attached hydrogens (primary N) is 1. The molecule has 34 heavy (non-hydrogen) atoms. The number of aliphatic carboxylic acids is 2. The first-order valence-corrected chi connectivity index (χ1v) is 13.0. The molecule has 1 unspecified atom stereocenters. The molecule has 4 atom stereocenters. The number of fused-ring (bicyclic) bond motifs is 1. The molecule has 1 aromatic heterocycles. The Labute approximate surface area is 203 Å². The number of carboxylic acid groups (broad SMARTS) is 2. The van der Waals surface area contributed by atoms with Gasteiger partial charge in [-0.05, 0) is 16.0 Å². The summed E-state index contributed by atoms with van der Waals surface area (Å²) in [6, 6.07) is -1.17. The van der Waals surface area contributed by atoms with Gasteiger partial charge in [-0.25, -0.2) is 9.48 Å². The van der Waals surface area contributed by atoms with E-state index in [1.807, 2.05) is 0 Å². The van der Waals surface area contributed by atoms with E-state index in [9.17, 15) is 28.5 Å². The molecule has 0 saturated carbocycles. The number of ether oxygens (including phenoxy) is 1. The summed E-state index contributed by atoms with van der Waals surface area (Å²) >= 11 is 2.05. The van der Waals surface area contributed by atoms with Crippen molar-refractivity contribution >= 4 is 58.1 Å². The van der Waals surface area contributed by atoms with Crippen LogP contribution in [0.2, 0.25) is 0 Å². The molecule has 0 radical (unpaired) electrons. The van der Waals surface area contributed by atoms with E-state index in [0.717, 1.165) is 35.5 Å². The van der Waals surface area contributed by atoms with E-state index in [2.05, 4.69) is 20.8 Å². The molecule has 0 aliphatic carbocycles. The molecule has 2 aliphatic rings. The summed E-state index contributed by atoms with van der Waals surface area (Å²) in [6.07, 6.45) is 0. The third kappa shape index (κ3) is 4.81. The SMILES string of the molecule is CO[C@@]1(NC(=O)CSC[C@@H](N)C(=O)O)C(=O)N2C(C(=O)O)=C(CSc3nnnn3C)CS(=O)[C@@H]21. The van der Waals surface area contributed by atoms with Gasteiger partial charge in [0.15, 0.2) is 5.37 Å². The monoisotopic (exact) mass is 535 g/mol. The van der Waals surface area contributed by atoms with Crippen LogP contribution in [0.15, 0.2) is 16.4 Å². The Morgan fingerprint density at radius 2 is 2.12 bits per heavy atom. The fraction of sp³-hybridized carbons (Fsp3) is 0.562. The van der Waals surface area contributed by atoms with Gasteiger partial charge < -0.3 is 26.0 Å². The fourth-order valence-corrected chi connectivity index (χ4v) is 6.89. The molecule has 3 rings (SSSR count). The predicted molar refractivity (Wildman–Crippen MR) is 119 cm³/mol. The first-order valence-electron chi connectivity index (χ1n) is 9.47. The number of rotatable bonds is 11. The molecule has 1 aromatic rings. The summed E-state index contributed by atoms with van der Waals surface area (Å²) in [6.45, 7) is 0. The normalized spacial score (nSPS) is 24.9. The Kier molecular flexibility index (Phi) is 7.96. The van der Waals surface area contributed by atoms with Crippen LogP contribution in [-0.4, -0.2) is 111 Å². The maximum absolute atomic E-state index is 13.1. The number of nitrogens with zero attached hydrogens (tertiary/aromatic N) is 5. The quantitative estimate of drug-likeness (QED) is 0.128. The lowest BCUT2D eigenvalue weighted by Gasteiger charge is -2.55. The average Bonchev–Trinajstić information content (AvgIpc) is 3.19. The van der Waals surface area contributed by atoms with Crippen LogP contribution in [0.3, 0.4) is 0 Å². The van der Waals surface area contributed by atoms with Gasteiger partial charge in [0, 0.05) is 25.7 Å². The molecule has 18 heteroatoms. The number of methoxy groups -OCH3 is 1. The minimum Gasteiger partial charge on any atom is -0.480 e. The Morgan fingerprint density at radius 3 is 2.68 bits per heavy atom. The zero-order valence-corrected chi connectivity index (χ0v) is 20.3. The van der Waals surface area contributed by atoms with Crippen LogP contribution >= 0.6 is 23.5 Å². The molecule has 2 amide bonds. The molecular weight excluding hydrogens is 514 g/mol. The number of aromatic nitrogens is 4. The molecule has 0 spiro atoms. The molecule has 1 fully saturated rings. The van der Waals surface area contributed by atoms with E-state index in [1.54, 1.807) is 7.05 Å². The number of carbonyl (C=O) groups excluding carboxylic acids is 2. The smallest absolute Gasteiger partial charge is 0.352 e. The van der Waals surface area contributed by atoms with Crippen molar-refractivity contribution in [1.29, 1.82) is 0 Å². The molecule has 2 aliphatic heterocycles. The van der Waals surface area contributed by atoms with Crippen molar-refractivity contribution in [3.63, 3.8) is 0 Å². The average molecular weight is 536 g/mol. The van der Waals surface area contributed by atoms with Crippen LogP contribution in [0, 0.1) is 0 Å². The third-order valence-corrected chi connectivity index (χ3v) is 8.75. The van der Waals surface area contributed by atoms with Crippen molar-refractivity contribution in [3.8, 4) is 0 Å². The van der Waals surface area contributed by atoms with Crippen LogP contribution in [0.4, 0.5) is 0 Å². The number of thioether (sulfide) groups is 2. The van der Waals surface area contributed by atoms with Crippen LogP contribution in [0.5, 0.6) is 0 Å². The number of aryl methyl sites for hydroxylation is 1. The topological polar surface area (TPSA) is 220 Å². The lowest BCUT2D eigenvalue weighted by Crippen LogP contribution is -2.83. The van der Waals surface area contributed by atoms with Gasteiger partial charge in [-0.15, -0.1) is 16.9 Å². The summed E-state index contributed by atoms with van der Waals surface area (Å²) in [5.74, 6) is -4.57. The number of nitrogens with one attached hydrogen (secondary N) is 1.